The van der Waals surface area contributed by atoms with Gasteiger partial charge in [-0.1, -0.05) is 24.6 Å². The monoisotopic (exact) mass is 189 g/mol. The summed E-state index contributed by atoms with van der Waals surface area (Å²) in [7, 11) is 2.01. The topological polar surface area (TPSA) is 12.0 Å². The highest BCUT2D eigenvalue weighted by molar-refractivity contribution is 5.33. The summed E-state index contributed by atoms with van der Waals surface area (Å²) in [5, 5.41) is 3.21. The van der Waals surface area contributed by atoms with Crippen LogP contribution in [-0.2, 0) is 19.4 Å². The molecule has 0 amide bonds. The van der Waals surface area contributed by atoms with Crippen molar-refractivity contribution in [2.24, 2.45) is 0 Å². The second kappa shape index (κ2) is 4.61. The van der Waals surface area contributed by atoms with E-state index in [1.54, 1.807) is 11.1 Å². The van der Waals surface area contributed by atoms with Gasteiger partial charge >= 0.3 is 0 Å². The highest BCUT2D eigenvalue weighted by atomic mass is 14.8. The largest absolute Gasteiger partial charge is 0.316 e. The molecule has 0 unspecified atom stereocenters. The molecule has 0 saturated carbocycles. The summed E-state index contributed by atoms with van der Waals surface area (Å²) in [6, 6.07) is 6.98. The Balaban J connectivity index is 2.23. The molecule has 0 bridgehead atoms. The lowest BCUT2D eigenvalue weighted by atomic mass is 10.00. The number of fused-ring (bicyclic) bond motifs is 1. The lowest BCUT2D eigenvalue weighted by Gasteiger charge is -2.08. The lowest BCUT2D eigenvalue weighted by molar-refractivity contribution is 0.711. The van der Waals surface area contributed by atoms with Gasteiger partial charge in [0.25, 0.3) is 0 Å². The van der Waals surface area contributed by atoms with Crippen molar-refractivity contribution in [3.05, 3.63) is 34.9 Å². The van der Waals surface area contributed by atoms with Gasteiger partial charge in [0, 0.05) is 6.54 Å². The van der Waals surface area contributed by atoms with Gasteiger partial charge < -0.3 is 5.32 Å². The average Bonchev–Trinajstić information content (AvgIpc) is 2.42. The molecule has 1 N–H and O–H groups in total. The van der Waals surface area contributed by atoms with Gasteiger partial charge in [-0.15, -0.1) is 0 Å². The Kier molecular flexibility index (Phi) is 3.20. The van der Waals surface area contributed by atoms with E-state index in [4.69, 9.17) is 0 Å². The van der Waals surface area contributed by atoms with Crippen LogP contribution in [0.4, 0.5) is 0 Å². The molecule has 1 heteroatoms. The van der Waals surface area contributed by atoms with Crippen LogP contribution in [0, 0.1) is 0 Å². The lowest BCUT2D eigenvalue weighted by Crippen LogP contribution is -2.05. The van der Waals surface area contributed by atoms with E-state index < -0.39 is 0 Å². The first-order valence-electron chi connectivity index (χ1n) is 5.65. The van der Waals surface area contributed by atoms with Gasteiger partial charge in [-0.05, 0) is 49.4 Å². The molecule has 0 aliphatic heterocycles. The van der Waals surface area contributed by atoms with E-state index in [1.165, 1.54) is 37.7 Å². The molecule has 0 atom stereocenters. The molecule has 1 aromatic rings. The maximum Gasteiger partial charge on any atom is 0.0202 e. The van der Waals surface area contributed by atoms with Crippen molar-refractivity contribution in [2.75, 3.05) is 7.05 Å². The molecule has 14 heavy (non-hydrogen) atoms. The maximum atomic E-state index is 3.21. The molecule has 0 heterocycles. The number of hydrogen-bond acceptors (Lipinski definition) is 1. The predicted molar refractivity (Wildman–Crippen MR) is 60.5 cm³/mol. The quantitative estimate of drug-likeness (QED) is 0.705. The van der Waals surface area contributed by atoms with E-state index in [9.17, 15) is 0 Å². The molecule has 1 aromatic carbocycles. The SMILES string of the molecule is CNCc1ccc2c(c1)CCCCC2. The first kappa shape index (κ1) is 9.72. The zero-order valence-corrected chi connectivity index (χ0v) is 8.97. The molecule has 76 valence electrons. The van der Waals surface area contributed by atoms with Crippen LogP contribution in [0.25, 0.3) is 0 Å². The highest BCUT2D eigenvalue weighted by Crippen LogP contribution is 2.21. The number of nitrogens with one attached hydrogen (secondary N) is 1. The summed E-state index contributed by atoms with van der Waals surface area (Å²) in [6.07, 6.45) is 6.71. The summed E-state index contributed by atoms with van der Waals surface area (Å²) in [5.41, 5.74) is 4.60. The van der Waals surface area contributed by atoms with Crippen molar-refractivity contribution < 1.29 is 0 Å². The Labute approximate surface area is 86.5 Å². The van der Waals surface area contributed by atoms with Crippen LogP contribution in [0.5, 0.6) is 0 Å². The fraction of sp³-hybridized carbons (Fsp3) is 0.538. The molecule has 1 aliphatic rings. The molecule has 2 rings (SSSR count). The summed E-state index contributed by atoms with van der Waals surface area (Å²) >= 11 is 0. The summed E-state index contributed by atoms with van der Waals surface area (Å²) < 4.78 is 0. The van der Waals surface area contributed by atoms with Crippen LogP contribution < -0.4 is 5.32 Å². The first-order valence-corrected chi connectivity index (χ1v) is 5.65. The third-order valence-electron chi connectivity index (χ3n) is 3.04. The maximum absolute atomic E-state index is 3.21. The van der Waals surface area contributed by atoms with Crippen LogP contribution in [-0.4, -0.2) is 7.05 Å². The zero-order chi connectivity index (χ0) is 9.80. The van der Waals surface area contributed by atoms with Crippen LogP contribution >= 0.6 is 0 Å². The smallest absolute Gasteiger partial charge is 0.0202 e. The zero-order valence-electron chi connectivity index (χ0n) is 8.97. The first-order chi connectivity index (χ1) is 6.90. The second-order valence-electron chi connectivity index (χ2n) is 4.19. The van der Waals surface area contributed by atoms with E-state index in [0.29, 0.717) is 0 Å². The van der Waals surface area contributed by atoms with Crippen molar-refractivity contribution >= 4 is 0 Å². The molecule has 0 fully saturated rings. The Bertz CT molecular complexity index is 304. The van der Waals surface area contributed by atoms with Crippen LogP contribution in [0.15, 0.2) is 18.2 Å². The number of aryl methyl sites for hydroxylation is 2. The number of rotatable bonds is 2. The molecule has 0 aromatic heterocycles. The van der Waals surface area contributed by atoms with Gasteiger partial charge in [0.2, 0.25) is 0 Å². The molecule has 1 aliphatic carbocycles. The van der Waals surface area contributed by atoms with Crippen molar-refractivity contribution in [1.29, 1.82) is 0 Å². The Morgan fingerprint density at radius 2 is 1.86 bits per heavy atom. The third kappa shape index (κ3) is 2.16. The highest BCUT2D eigenvalue weighted by Gasteiger charge is 2.07. The van der Waals surface area contributed by atoms with Crippen molar-refractivity contribution in [1.82, 2.24) is 5.32 Å². The van der Waals surface area contributed by atoms with Crippen LogP contribution in [0.2, 0.25) is 0 Å². The average molecular weight is 189 g/mol. The van der Waals surface area contributed by atoms with E-state index in [-0.39, 0.29) is 0 Å². The second-order valence-corrected chi connectivity index (χ2v) is 4.19. The molecular weight excluding hydrogens is 170 g/mol. The minimum Gasteiger partial charge on any atom is -0.316 e. The van der Waals surface area contributed by atoms with E-state index in [0.717, 1.165) is 6.54 Å². The number of hydrogen-bond donors (Lipinski definition) is 1. The van der Waals surface area contributed by atoms with Gasteiger partial charge in [0.1, 0.15) is 0 Å². The Hall–Kier alpha value is -0.820. The summed E-state index contributed by atoms with van der Waals surface area (Å²) in [5.74, 6) is 0. The third-order valence-corrected chi connectivity index (χ3v) is 3.04. The standard InChI is InChI=1S/C13H19N/c1-14-10-11-7-8-12-5-3-2-4-6-13(12)9-11/h7-9,14H,2-6,10H2,1H3. The van der Waals surface area contributed by atoms with Crippen LogP contribution in [0.3, 0.4) is 0 Å². The fourth-order valence-corrected chi connectivity index (χ4v) is 2.28. The van der Waals surface area contributed by atoms with E-state index in [1.807, 2.05) is 7.05 Å². The van der Waals surface area contributed by atoms with Gasteiger partial charge in [0.15, 0.2) is 0 Å². The molecule has 0 spiro atoms. The molecule has 1 nitrogen and oxygen atoms in total. The van der Waals surface area contributed by atoms with Crippen molar-refractivity contribution in [2.45, 2.75) is 38.6 Å². The van der Waals surface area contributed by atoms with Gasteiger partial charge in [-0.3, -0.25) is 0 Å². The van der Waals surface area contributed by atoms with Gasteiger partial charge in [0.05, 0.1) is 0 Å². The number of benzene rings is 1. The fourth-order valence-electron chi connectivity index (χ4n) is 2.28. The Morgan fingerprint density at radius 1 is 1.07 bits per heavy atom. The van der Waals surface area contributed by atoms with E-state index >= 15 is 0 Å². The minimum atomic E-state index is 0.993. The van der Waals surface area contributed by atoms with E-state index in [2.05, 4.69) is 23.5 Å². The van der Waals surface area contributed by atoms with Gasteiger partial charge in [-0.2, -0.15) is 0 Å². The molecule has 0 radical (unpaired) electrons. The summed E-state index contributed by atoms with van der Waals surface area (Å²) in [4.78, 5) is 0. The predicted octanol–water partition coefficient (Wildman–Crippen LogP) is 2.67. The normalized spacial score (nSPS) is 16.1. The van der Waals surface area contributed by atoms with Crippen molar-refractivity contribution in [3.63, 3.8) is 0 Å². The summed E-state index contributed by atoms with van der Waals surface area (Å²) in [6.45, 7) is 0.993. The molecule has 0 saturated heterocycles. The van der Waals surface area contributed by atoms with Gasteiger partial charge in [-0.25, -0.2) is 0 Å². The Morgan fingerprint density at radius 3 is 2.64 bits per heavy atom. The minimum absolute atomic E-state index is 0.993. The van der Waals surface area contributed by atoms with Crippen LogP contribution in [0.1, 0.15) is 36.0 Å². The molecular formula is C13H19N. The van der Waals surface area contributed by atoms with Crippen molar-refractivity contribution in [3.8, 4) is 0 Å².